The molecule has 0 radical (unpaired) electrons. The highest BCUT2D eigenvalue weighted by Crippen LogP contribution is 2.45. The maximum absolute atomic E-state index is 5.40. The standard InChI is InChI=1S/C62H39N5S/c1-6-18-40(19-7-1)45-34-46(41-20-8-2-9-21-41)36-47(35-45)48-37-53(62-65-60(42-22-10-3-11-23-42)64-61(66-62)43-24-12-4-13-25-43)58(63-39-48)44-30-31-50-51-32-33-55-57(59(51)68-56(50)38-44)52-28-16-17-29-54(52)67(55)49-26-14-5-15-27-49/h1-39H. The van der Waals surface area contributed by atoms with Crippen molar-refractivity contribution in [3.63, 3.8) is 0 Å². The second-order valence-corrected chi connectivity index (χ2v) is 18.1. The molecule has 4 heterocycles. The maximum Gasteiger partial charge on any atom is 0.166 e. The van der Waals surface area contributed by atoms with Gasteiger partial charge in [0.15, 0.2) is 17.5 Å². The first-order chi connectivity index (χ1) is 33.7. The van der Waals surface area contributed by atoms with Crippen molar-refractivity contribution in [1.29, 1.82) is 0 Å². The number of hydrogen-bond acceptors (Lipinski definition) is 5. The van der Waals surface area contributed by atoms with Crippen LogP contribution in [0, 0.1) is 0 Å². The number of nitrogens with zero attached hydrogens (tertiary/aromatic N) is 5. The number of hydrogen-bond donors (Lipinski definition) is 0. The SMILES string of the molecule is c1ccc(-c2cc(-c3ccccc3)cc(-c3cnc(-c4ccc5c(c4)sc4c5ccc5c4c4ccccc4n5-c4ccccc4)c(-c4nc(-c5ccccc5)nc(-c5ccccc5)n4)c3)c2)cc1. The van der Waals surface area contributed by atoms with E-state index in [1.165, 1.54) is 42.0 Å². The third-order valence-corrected chi connectivity index (χ3v) is 14.1. The Balaban J connectivity index is 1.04. The molecule has 0 saturated heterocycles. The summed E-state index contributed by atoms with van der Waals surface area (Å²) < 4.78 is 4.85. The smallest absolute Gasteiger partial charge is 0.166 e. The van der Waals surface area contributed by atoms with E-state index in [0.717, 1.165) is 67.0 Å². The molecule has 68 heavy (non-hydrogen) atoms. The molecule has 5 nitrogen and oxygen atoms in total. The summed E-state index contributed by atoms with van der Waals surface area (Å²) in [4.78, 5) is 21.0. The number of pyridine rings is 1. The first-order valence-corrected chi connectivity index (χ1v) is 23.6. The Kier molecular flexibility index (Phi) is 9.62. The number of para-hydroxylation sites is 2. The van der Waals surface area contributed by atoms with Crippen molar-refractivity contribution in [1.82, 2.24) is 24.5 Å². The lowest BCUT2D eigenvalue weighted by Gasteiger charge is -2.15. The first kappa shape index (κ1) is 39.5. The molecule has 0 N–H and O–H groups in total. The molecule has 13 rings (SSSR count). The van der Waals surface area contributed by atoms with Crippen molar-refractivity contribution in [2.45, 2.75) is 0 Å². The Morgan fingerprint density at radius 2 is 0.853 bits per heavy atom. The summed E-state index contributed by atoms with van der Waals surface area (Å²) in [6.07, 6.45) is 2.01. The van der Waals surface area contributed by atoms with Crippen LogP contribution in [-0.2, 0) is 0 Å². The van der Waals surface area contributed by atoms with Crippen molar-refractivity contribution in [2.24, 2.45) is 0 Å². The summed E-state index contributed by atoms with van der Waals surface area (Å²) >= 11 is 1.84. The van der Waals surface area contributed by atoms with Gasteiger partial charge in [0.25, 0.3) is 0 Å². The molecule has 4 aromatic heterocycles. The number of fused-ring (bicyclic) bond motifs is 7. The van der Waals surface area contributed by atoms with Crippen molar-refractivity contribution in [2.75, 3.05) is 0 Å². The fraction of sp³-hybridized carbons (Fsp3) is 0. The molecule has 0 amide bonds. The Bertz CT molecular complexity index is 3880. The second kappa shape index (κ2) is 16.5. The molecule has 0 fully saturated rings. The van der Waals surface area contributed by atoms with Gasteiger partial charge in [0.2, 0.25) is 0 Å². The molecule has 9 aromatic carbocycles. The Labute approximate surface area is 397 Å². The molecular formula is C62H39N5S. The second-order valence-electron chi connectivity index (χ2n) is 17.0. The van der Waals surface area contributed by atoms with Crippen LogP contribution in [0.2, 0.25) is 0 Å². The Morgan fingerprint density at radius 3 is 1.47 bits per heavy atom. The third-order valence-electron chi connectivity index (χ3n) is 12.9. The molecule has 6 heteroatoms. The summed E-state index contributed by atoms with van der Waals surface area (Å²) in [5.41, 5.74) is 14.5. The van der Waals surface area contributed by atoms with Crippen molar-refractivity contribution in [3.05, 3.63) is 237 Å². The molecule has 13 aromatic rings. The highest BCUT2D eigenvalue weighted by Gasteiger charge is 2.21. The predicted octanol–water partition coefficient (Wildman–Crippen LogP) is 16.4. The van der Waals surface area contributed by atoms with Gasteiger partial charge in [0, 0.05) is 70.6 Å². The molecular weight excluding hydrogens is 847 g/mol. The van der Waals surface area contributed by atoms with Crippen LogP contribution in [-0.4, -0.2) is 24.5 Å². The summed E-state index contributed by atoms with van der Waals surface area (Å²) in [5, 5.41) is 4.98. The lowest BCUT2D eigenvalue weighted by Crippen LogP contribution is -2.02. The molecule has 0 bridgehead atoms. The molecule has 0 aliphatic carbocycles. The maximum atomic E-state index is 5.40. The average molecular weight is 886 g/mol. The van der Waals surface area contributed by atoms with E-state index in [9.17, 15) is 0 Å². The van der Waals surface area contributed by atoms with Crippen LogP contribution in [0.5, 0.6) is 0 Å². The van der Waals surface area contributed by atoms with E-state index in [1.807, 2.05) is 78.2 Å². The first-order valence-electron chi connectivity index (χ1n) is 22.8. The molecule has 0 unspecified atom stereocenters. The van der Waals surface area contributed by atoms with E-state index in [1.54, 1.807) is 0 Å². The number of rotatable bonds is 8. The fourth-order valence-electron chi connectivity index (χ4n) is 9.63. The van der Waals surface area contributed by atoms with Gasteiger partial charge in [0.1, 0.15) is 0 Å². The Morgan fingerprint density at radius 1 is 0.338 bits per heavy atom. The van der Waals surface area contributed by atoms with E-state index < -0.39 is 0 Å². The fourth-order valence-corrected chi connectivity index (χ4v) is 10.9. The van der Waals surface area contributed by atoms with Crippen molar-refractivity contribution >= 4 is 53.3 Å². The van der Waals surface area contributed by atoms with Gasteiger partial charge >= 0.3 is 0 Å². The van der Waals surface area contributed by atoms with Crippen LogP contribution in [0.25, 0.3) is 126 Å². The van der Waals surface area contributed by atoms with Gasteiger partial charge in [-0.05, 0) is 82.4 Å². The lowest BCUT2D eigenvalue weighted by molar-refractivity contribution is 1.07. The zero-order valence-corrected chi connectivity index (χ0v) is 37.5. The van der Waals surface area contributed by atoms with E-state index in [4.69, 9.17) is 19.9 Å². The molecule has 0 spiro atoms. The summed E-state index contributed by atoms with van der Waals surface area (Å²) in [5.74, 6) is 1.75. The highest BCUT2D eigenvalue weighted by molar-refractivity contribution is 7.26. The molecule has 0 saturated carbocycles. The lowest BCUT2D eigenvalue weighted by atomic mass is 9.92. The average Bonchev–Trinajstić information content (AvgIpc) is 3.97. The van der Waals surface area contributed by atoms with Gasteiger partial charge in [-0.25, -0.2) is 15.0 Å². The molecule has 318 valence electrons. The molecule has 0 aliphatic heterocycles. The number of aromatic nitrogens is 5. The largest absolute Gasteiger partial charge is 0.309 e. The summed E-state index contributed by atoms with van der Waals surface area (Å²) in [6, 6.07) is 81.2. The van der Waals surface area contributed by atoms with Crippen LogP contribution >= 0.6 is 11.3 Å². The van der Waals surface area contributed by atoms with E-state index in [0.29, 0.717) is 17.5 Å². The van der Waals surface area contributed by atoms with Gasteiger partial charge in [-0.15, -0.1) is 11.3 Å². The van der Waals surface area contributed by atoms with Crippen LogP contribution in [0.3, 0.4) is 0 Å². The topological polar surface area (TPSA) is 56.5 Å². The Hall–Kier alpha value is -8.84. The zero-order valence-electron chi connectivity index (χ0n) is 36.7. The normalized spacial score (nSPS) is 11.5. The minimum atomic E-state index is 0.552. The molecule has 0 atom stereocenters. The van der Waals surface area contributed by atoms with E-state index >= 15 is 0 Å². The van der Waals surface area contributed by atoms with Gasteiger partial charge in [-0.3, -0.25) is 4.98 Å². The molecule has 0 aliphatic rings. The van der Waals surface area contributed by atoms with Crippen LogP contribution in [0.1, 0.15) is 0 Å². The summed E-state index contributed by atoms with van der Waals surface area (Å²) in [6.45, 7) is 0. The van der Waals surface area contributed by atoms with E-state index in [-0.39, 0.29) is 0 Å². The van der Waals surface area contributed by atoms with Crippen LogP contribution in [0.4, 0.5) is 0 Å². The highest BCUT2D eigenvalue weighted by atomic mass is 32.1. The predicted molar refractivity (Wildman–Crippen MR) is 283 cm³/mol. The quantitative estimate of drug-likeness (QED) is 0.153. The number of benzene rings is 9. The minimum Gasteiger partial charge on any atom is -0.309 e. The van der Waals surface area contributed by atoms with Crippen LogP contribution < -0.4 is 0 Å². The van der Waals surface area contributed by atoms with Crippen LogP contribution in [0.15, 0.2) is 237 Å². The van der Waals surface area contributed by atoms with Gasteiger partial charge in [-0.2, -0.15) is 0 Å². The van der Waals surface area contributed by atoms with Crippen molar-refractivity contribution in [3.8, 4) is 84.5 Å². The van der Waals surface area contributed by atoms with Crippen molar-refractivity contribution < 1.29 is 0 Å². The van der Waals surface area contributed by atoms with Gasteiger partial charge in [0.05, 0.1) is 16.7 Å². The minimum absolute atomic E-state index is 0.552. The van der Waals surface area contributed by atoms with Gasteiger partial charge in [-0.1, -0.05) is 176 Å². The third kappa shape index (κ3) is 6.94. The summed E-state index contributed by atoms with van der Waals surface area (Å²) in [7, 11) is 0. The van der Waals surface area contributed by atoms with E-state index in [2.05, 4.69) is 174 Å². The number of thiophene rings is 1. The van der Waals surface area contributed by atoms with Gasteiger partial charge < -0.3 is 4.57 Å². The monoisotopic (exact) mass is 885 g/mol. The zero-order chi connectivity index (χ0) is 45.0.